The van der Waals surface area contributed by atoms with Crippen molar-refractivity contribution in [3.8, 4) is 23.3 Å². The molecular formula is C23H18N2O4. The minimum Gasteiger partial charge on any atom is -0.497 e. The number of methoxy groups -OCH3 is 2. The van der Waals surface area contributed by atoms with Gasteiger partial charge in [-0.2, -0.15) is 5.26 Å². The molecule has 2 aromatic carbocycles. The summed E-state index contributed by atoms with van der Waals surface area (Å²) < 4.78 is 15.9. The number of ether oxygens (including phenoxy) is 3. The molecular weight excluding hydrogens is 368 g/mol. The van der Waals surface area contributed by atoms with Gasteiger partial charge in [-0.15, -0.1) is 0 Å². The van der Waals surface area contributed by atoms with Crippen molar-refractivity contribution in [2.24, 2.45) is 0 Å². The van der Waals surface area contributed by atoms with E-state index >= 15 is 0 Å². The van der Waals surface area contributed by atoms with E-state index in [1.165, 1.54) is 19.5 Å². The van der Waals surface area contributed by atoms with Crippen LogP contribution in [0.15, 0.2) is 67.0 Å². The van der Waals surface area contributed by atoms with Crippen molar-refractivity contribution in [2.45, 2.75) is 0 Å². The zero-order valence-electron chi connectivity index (χ0n) is 16.0. The number of benzene rings is 2. The molecule has 0 aliphatic heterocycles. The summed E-state index contributed by atoms with van der Waals surface area (Å²) in [6.07, 6.45) is 4.77. The van der Waals surface area contributed by atoms with Crippen molar-refractivity contribution in [2.75, 3.05) is 14.2 Å². The van der Waals surface area contributed by atoms with Crippen LogP contribution in [0.1, 0.15) is 21.5 Å². The predicted octanol–water partition coefficient (Wildman–Crippen LogP) is 4.38. The van der Waals surface area contributed by atoms with E-state index in [1.807, 2.05) is 12.1 Å². The van der Waals surface area contributed by atoms with Gasteiger partial charge in [-0.1, -0.05) is 6.07 Å². The molecule has 144 valence electrons. The fraction of sp³-hybridized carbons (Fsp3) is 0.0870. The molecule has 0 spiro atoms. The number of carbonyl (C=O) groups excluding carboxylic acids is 1. The second-order valence-electron chi connectivity index (χ2n) is 5.93. The van der Waals surface area contributed by atoms with E-state index in [9.17, 15) is 10.1 Å². The lowest BCUT2D eigenvalue weighted by Gasteiger charge is -2.10. The highest BCUT2D eigenvalue weighted by Gasteiger charge is 2.13. The van der Waals surface area contributed by atoms with Crippen LogP contribution in [0.2, 0.25) is 0 Å². The molecule has 0 unspecified atom stereocenters. The fourth-order valence-electron chi connectivity index (χ4n) is 2.62. The summed E-state index contributed by atoms with van der Waals surface area (Å²) in [5.74, 6) is 0.876. The summed E-state index contributed by atoms with van der Waals surface area (Å²) in [4.78, 5) is 16.1. The Kier molecular flexibility index (Phi) is 6.23. The molecule has 0 fully saturated rings. The number of rotatable bonds is 6. The molecule has 0 saturated carbocycles. The van der Waals surface area contributed by atoms with Gasteiger partial charge in [0.2, 0.25) is 0 Å². The standard InChI is InChI=1S/C23H18N2O4/c1-27-20-6-4-17(5-7-20)19(15-24)13-16-3-8-21(22(14-16)28-2)29-23(26)18-9-11-25-12-10-18/h3-14H,1-2H3/b19-13-. The topological polar surface area (TPSA) is 81.4 Å². The summed E-state index contributed by atoms with van der Waals surface area (Å²) in [6.45, 7) is 0. The summed E-state index contributed by atoms with van der Waals surface area (Å²) in [5, 5.41) is 9.54. The van der Waals surface area contributed by atoms with Crippen LogP contribution in [-0.4, -0.2) is 25.2 Å². The number of esters is 1. The van der Waals surface area contributed by atoms with Gasteiger partial charge in [0.05, 0.1) is 31.4 Å². The van der Waals surface area contributed by atoms with E-state index in [-0.39, 0.29) is 5.75 Å². The monoisotopic (exact) mass is 386 g/mol. The molecule has 0 bridgehead atoms. The molecule has 29 heavy (non-hydrogen) atoms. The summed E-state index contributed by atoms with van der Waals surface area (Å²) in [7, 11) is 3.08. The SMILES string of the molecule is COc1ccc(/C(C#N)=C\c2ccc(OC(=O)c3ccncc3)c(OC)c2)cc1. The van der Waals surface area contributed by atoms with E-state index in [4.69, 9.17) is 14.2 Å². The third-order valence-electron chi connectivity index (χ3n) is 4.14. The average molecular weight is 386 g/mol. The van der Waals surface area contributed by atoms with Crippen molar-refractivity contribution < 1.29 is 19.0 Å². The van der Waals surface area contributed by atoms with Crippen LogP contribution in [0.5, 0.6) is 17.2 Å². The molecule has 1 heterocycles. The molecule has 0 N–H and O–H groups in total. The van der Waals surface area contributed by atoms with Crippen LogP contribution < -0.4 is 14.2 Å². The zero-order valence-corrected chi connectivity index (χ0v) is 16.0. The van der Waals surface area contributed by atoms with Gasteiger partial charge >= 0.3 is 5.97 Å². The molecule has 6 heteroatoms. The van der Waals surface area contributed by atoms with Gasteiger partial charge in [-0.25, -0.2) is 4.79 Å². The summed E-state index contributed by atoms with van der Waals surface area (Å²) >= 11 is 0. The minimum absolute atomic E-state index is 0.286. The van der Waals surface area contributed by atoms with Crippen molar-refractivity contribution in [1.29, 1.82) is 5.26 Å². The van der Waals surface area contributed by atoms with Crippen molar-refractivity contribution >= 4 is 17.6 Å². The van der Waals surface area contributed by atoms with Crippen molar-refractivity contribution in [3.63, 3.8) is 0 Å². The summed E-state index contributed by atoms with van der Waals surface area (Å²) in [5.41, 5.74) is 2.37. The molecule has 6 nitrogen and oxygen atoms in total. The molecule has 0 aliphatic carbocycles. The second-order valence-corrected chi connectivity index (χ2v) is 5.93. The molecule has 0 amide bonds. The molecule has 0 aliphatic rings. The number of nitrogens with zero attached hydrogens (tertiary/aromatic N) is 2. The summed E-state index contributed by atoms with van der Waals surface area (Å²) in [6, 6.07) is 17.6. The van der Waals surface area contributed by atoms with Crippen molar-refractivity contribution in [3.05, 3.63) is 83.7 Å². The smallest absolute Gasteiger partial charge is 0.343 e. The predicted molar refractivity (Wildman–Crippen MR) is 109 cm³/mol. The van der Waals surface area contributed by atoms with E-state index in [1.54, 1.807) is 55.7 Å². The molecule has 3 aromatic rings. The lowest BCUT2D eigenvalue weighted by atomic mass is 10.0. The molecule has 3 rings (SSSR count). The fourth-order valence-corrected chi connectivity index (χ4v) is 2.62. The van der Waals surface area contributed by atoms with Gasteiger partial charge in [0.1, 0.15) is 5.75 Å². The molecule has 0 atom stereocenters. The molecule has 0 radical (unpaired) electrons. The van der Waals surface area contributed by atoms with Crippen LogP contribution in [-0.2, 0) is 0 Å². The number of hydrogen-bond donors (Lipinski definition) is 0. The van der Waals surface area contributed by atoms with E-state index in [0.29, 0.717) is 22.6 Å². The average Bonchev–Trinajstić information content (AvgIpc) is 2.78. The van der Waals surface area contributed by atoms with Crippen LogP contribution >= 0.6 is 0 Å². The highest BCUT2D eigenvalue weighted by molar-refractivity contribution is 5.92. The Balaban J connectivity index is 1.86. The van der Waals surface area contributed by atoms with Gasteiger partial charge < -0.3 is 14.2 Å². The van der Waals surface area contributed by atoms with Gasteiger partial charge in [0, 0.05) is 12.4 Å². The maximum Gasteiger partial charge on any atom is 0.343 e. The van der Waals surface area contributed by atoms with Crippen LogP contribution in [0.3, 0.4) is 0 Å². The number of hydrogen-bond acceptors (Lipinski definition) is 6. The molecule has 1 aromatic heterocycles. The third-order valence-corrected chi connectivity index (χ3v) is 4.14. The first-order valence-corrected chi connectivity index (χ1v) is 8.71. The zero-order chi connectivity index (χ0) is 20.6. The number of allylic oxidation sites excluding steroid dienone is 1. The largest absolute Gasteiger partial charge is 0.497 e. The normalized spacial score (nSPS) is 10.7. The Morgan fingerprint density at radius 2 is 1.66 bits per heavy atom. The number of pyridine rings is 1. The highest BCUT2D eigenvalue weighted by Crippen LogP contribution is 2.30. The number of carbonyl (C=O) groups is 1. The van der Waals surface area contributed by atoms with E-state index < -0.39 is 5.97 Å². The van der Waals surface area contributed by atoms with E-state index in [0.717, 1.165) is 11.1 Å². The van der Waals surface area contributed by atoms with Crippen LogP contribution in [0.4, 0.5) is 0 Å². The van der Waals surface area contributed by atoms with Gasteiger partial charge in [-0.05, 0) is 65.7 Å². The second kappa shape index (κ2) is 9.20. The quantitative estimate of drug-likeness (QED) is 0.271. The van der Waals surface area contributed by atoms with Crippen molar-refractivity contribution in [1.82, 2.24) is 4.98 Å². The van der Waals surface area contributed by atoms with Crippen LogP contribution in [0.25, 0.3) is 11.6 Å². The lowest BCUT2D eigenvalue weighted by Crippen LogP contribution is -2.09. The Morgan fingerprint density at radius 1 is 0.931 bits per heavy atom. The first kappa shape index (κ1) is 19.6. The third kappa shape index (κ3) is 4.79. The van der Waals surface area contributed by atoms with Gasteiger partial charge in [-0.3, -0.25) is 4.98 Å². The maximum atomic E-state index is 12.3. The first-order chi connectivity index (χ1) is 14.1. The van der Waals surface area contributed by atoms with Crippen LogP contribution in [0, 0.1) is 11.3 Å². The Bertz CT molecular complexity index is 1070. The highest BCUT2D eigenvalue weighted by atomic mass is 16.6. The Labute approximate surface area is 168 Å². The Morgan fingerprint density at radius 3 is 2.28 bits per heavy atom. The number of aromatic nitrogens is 1. The lowest BCUT2D eigenvalue weighted by molar-refractivity contribution is 0.0729. The van der Waals surface area contributed by atoms with E-state index in [2.05, 4.69) is 11.1 Å². The molecule has 0 saturated heterocycles. The maximum absolute atomic E-state index is 12.3. The number of nitriles is 1. The first-order valence-electron chi connectivity index (χ1n) is 8.71. The minimum atomic E-state index is -0.509. The van der Waals surface area contributed by atoms with Gasteiger partial charge in [0.25, 0.3) is 0 Å². The Hall–Kier alpha value is -4.11. The van der Waals surface area contributed by atoms with Gasteiger partial charge in [0.15, 0.2) is 11.5 Å².